The molecule has 0 aliphatic carbocycles. The second-order valence-electron chi connectivity index (χ2n) is 11.0. The molecule has 0 radical (unpaired) electrons. The number of likely N-dealkylation sites (N-methyl/N-ethyl adjacent to an activating group) is 2. The van der Waals surface area contributed by atoms with Crippen LogP contribution in [0.15, 0.2) is 72.8 Å². The van der Waals surface area contributed by atoms with E-state index in [4.69, 9.17) is 4.74 Å². The predicted molar refractivity (Wildman–Crippen MR) is 148 cm³/mol. The summed E-state index contributed by atoms with van der Waals surface area (Å²) in [6, 6.07) is 19.2. The van der Waals surface area contributed by atoms with Gasteiger partial charge in [0.1, 0.15) is 5.75 Å². The van der Waals surface area contributed by atoms with Crippen molar-refractivity contribution >= 4 is 17.5 Å². The van der Waals surface area contributed by atoms with Crippen molar-refractivity contribution in [2.75, 3.05) is 19.0 Å². The average Bonchev–Trinajstić information content (AvgIpc) is 3.08. The van der Waals surface area contributed by atoms with E-state index in [0.717, 1.165) is 17.2 Å². The molecular formula is C32H33F3N2O2. The number of nitrogens with zero attached hydrogens (tertiary/aromatic N) is 1. The number of hydrogen-bond donors (Lipinski definition) is 1. The molecule has 0 saturated heterocycles. The first-order chi connectivity index (χ1) is 18.4. The van der Waals surface area contributed by atoms with Crippen LogP contribution in [0.25, 0.3) is 6.08 Å². The minimum Gasteiger partial charge on any atom is -0.463 e. The molecule has 39 heavy (non-hydrogen) atoms. The molecule has 2 aliphatic rings. The van der Waals surface area contributed by atoms with Crippen molar-refractivity contribution in [1.82, 2.24) is 5.32 Å². The molecule has 3 aromatic carbocycles. The molecule has 2 unspecified atom stereocenters. The van der Waals surface area contributed by atoms with Gasteiger partial charge in [0.05, 0.1) is 16.5 Å². The molecule has 0 saturated carbocycles. The third kappa shape index (κ3) is 4.15. The van der Waals surface area contributed by atoms with E-state index in [9.17, 15) is 18.0 Å². The first-order valence-corrected chi connectivity index (χ1v) is 13.1. The smallest absolute Gasteiger partial charge is 0.416 e. The van der Waals surface area contributed by atoms with E-state index in [2.05, 4.69) is 5.32 Å². The summed E-state index contributed by atoms with van der Waals surface area (Å²) in [7, 11) is 3.65. The van der Waals surface area contributed by atoms with Crippen LogP contribution < -0.4 is 15.0 Å². The number of fused-ring (bicyclic) bond motifs is 2. The lowest BCUT2D eigenvalue weighted by molar-refractivity contribution is -0.137. The number of alkyl halides is 3. The molecule has 3 aromatic rings. The van der Waals surface area contributed by atoms with Crippen LogP contribution >= 0.6 is 0 Å². The van der Waals surface area contributed by atoms with Crippen LogP contribution in [0.1, 0.15) is 59.8 Å². The predicted octanol–water partition coefficient (Wildman–Crippen LogP) is 7.03. The fourth-order valence-corrected chi connectivity index (χ4v) is 6.10. The highest BCUT2D eigenvalue weighted by Gasteiger charge is 2.58. The lowest BCUT2D eigenvalue weighted by Crippen LogP contribution is -2.58. The first-order valence-electron chi connectivity index (χ1n) is 13.1. The van der Waals surface area contributed by atoms with Crippen LogP contribution in [0, 0.1) is 0 Å². The van der Waals surface area contributed by atoms with Crippen molar-refractivity contribution in [1.29, 1.82) is 0 Å². The van der Waals surface area contributed by atoms with Gasteiger partial charge < -0.3 is 15.0 Å². The summed E-state index contributed by atoms with van der Waals surface area (Å²) in [5, 5.41) is 3.29. The summed E-state index contributed by atoms with van der Waals surface area (Å²) >= 11 is 0. The Kier molecular flexibility index (Phi) is 6.41. The molecule has 4 nitrogen and oxygen atoms in total. The van der Waals surface area contributed by atoms with E-state index in [0.29, 0.717) is 35.4 Å². The number of anilines is 1. The monoisotopic (exact) mass is 534 g/mol. The number of carbonyl (C=O) groups excluding carboxylic acids is 1. The molecule has 5 rings (SSSR count). The summed E-state index contributed by atoms with van der Waals surface area (Å²) in [5.41, 5.74) is 0.404. The molecule has 2 heterocycles. The number of nitrogens with one attached hydrogen (secondary N) is 1. The van der Waals surface area contributed by atoms with Gasteiger partial charge in [-0.25, -0.2) is 0 Å². The first kappa shape index (κ1) is 27.0. The van der Waals surface area contributed by atoms with E-state index in [1.54, 1.807) is 12.1 Å². The Morgan fingerprint density at radius 2 is 1.74 bits per heavy atom. The molecule has 0 aromatic heterocycles. The zero-order valence-corrected chi connectivity index (χ0v) is 22.8. The van der Waals surface area contributed by atoms with Gasteiger partial charge in [-0.2, -0.15) is 13.2 Å². The van der Waals surface area contributed by atoms with Gasteiger partial charge in [-0.3, -0.25) is 4.79 Å². The lowest BCUT2D eigenvalue weighted by Gasteiger charge is -2.45. The highest BCUT2D eigenvalue weighted by Crippen LogP contribution is 2.55. The number of halogens is 3. The topological polar surface area (TPSA) is 41.6 Å². The van der Waals surface area contributed by atoms with Gasteiger partial charge in [0.2, 0.25) is 5.72 Å². The number of carbonyl (C=O) groups is 1. The largest absolute Gasteiger partial charge is 0.463 e. The fraction of sp³-hybridized carbons (Fsp3) is 0.344. The van der Waals surface area contributed by atoms with Gasteiger partial charge in [0, 0.05) is 23.9 Å². The maximum absolute atomic E-state index is 13.9. The maximum atomic E-state index is 13.9. The van der Waals surface area contributed by atoms with Gasteiger partial charge >= 0.3 is 6.18 Å². The molecule has 2 atom stereocenters. The van der Waals surface area contributed by atoms with E-state index < -0.39 is 28.4 Å². The van der Waals surface area contributed by atoms with Crippen molar-refractivity contribution in [2.45, 2.75) is 56.5 Å². The van der Waals surface area contributed by atoms with Gasteiger partial charge in [-0.15, -0.1) is 0 Å². The quantitative estimate of drug-likeness (QED) is 0.345. The highest BCUT2D eigenvalue weighted by molar-refractivity contribution is 6.04. The second-order valence-corrected chi connectivity index (χ2v) is 11.0. The van der Waals surface area contributed by atoms with Crippen LogP contribution in [0.3, 0.4) is 0 Å². The highest BCUT2D eigenvalue weighted by atomic mass is 19.4. The SMILES string of the molecule is CCC(Cc1ccccc1)(NC)C(=O)c1ccc2c(c1)C=CC1(O2)N(C)c2ccc(C(F)(F)F)cc2C1(C)C. The molecule has 0 bridgehead atoms. The third-order valence-electron chi connectivity index (χ3n) is 8.64. The van der Waals surface area contributed by atoms with Crippen molar-refractivity contribution in [2.24, 2.45) is 0 Å². The van der Waals surface area contributed by atoms with E-state index in [1.165, 1.54) is 12.1 Å². The van der Waals surface area contributed by atoms with E-state index >= 15 is 0 Å². The number of hydrogen-bond acceptors (Lipinski definition) is 4. The van der Waals surface area contributed by atoms with Crippen molar-refractivity contribution in [3.63, 3.8) is 0 Å². The minimum absolute atomic E-state index is 0.00163. The summed E-state index contributed by atoms with van der Waals surface area (Å²) in [6.45, 7) is 5.80. The fourth-order valence-electron chi connectivity index (χ4n) is 6.10. The average molecular weight is 535 g/mol. The Morgan fingerprint density at radius 1 is 1.03 bits per heavy atom. The Labute approximate surface area is 227 Å². The molecule has 204 valence electrons. The normalized spacial score (nSPS) is 20.8. The molecule has 0 amide bonds. The van der Waals surface area contributed by atoms with Crippen LogP contribution in [-0.4, -0.2) is 31.1 Å². The number of rotatable bonds is 6. The van der Waals surface area contributed by atoms with E-state index in [1.807, 2.05) is 88.3 Å². The Morgan fingerprint density at radius 3 is 2.38 bits per heavy atom. The Bertz CT molecular complexity index is 1440. The minimum atomic E-state index is -4.43. The summed E-state index contributed by atoms with van der Waals surface area (Å²) in [5.74, 6) is 0.575. The number of Topliss-reactive ketones (excluding diaryl/α,β-unsaturated/α-hetero) is 1. The molecule has 0 fully saturated rings. The molecule has 1 N–H and O–H groups in total. The van der Waals surface area contributed by atoms with Gasteiger partial charge in [-0.1, -0.05) is 37.3 Å². The summed E-state index contributed by atoms with van der Waals surface area (Å²) in [4.78, 5) is 15.8. The molecule has 2 aliphatic heterocycles. The standard InChI is InChI=1S/C32H33F3N2O2/c1-6-30(36-4,20-21-10-8-7-9-11-21)28(38)23-12-15-27-22(18-23)16-17-31(39-27)29(2,3)25-19-24(32(33,34)35)13-14-26(25)37(31)5/h7-19,36H,6,20H2,1-5H3. The van der Waals surface area contributed by atoms with E-state index in [-0.39, 0.29) is 5.78 Å². The molecule has 7 heteroatoms. The van der Waals surface area contributed by atoms with Crippen molar-refractivity contribution < 1.29 is 22.7 Å². The zero-order chi connectivity index (χ0) is 28.2. The summed E-state index contributed by atoms with van der Waals surface area (Å²) in [6.07, 6.45) is 0.546. The van der Waals surface area contributed by atoms with Gasteiger partial charge in [0.25, 0.3) is 0 Å². The van der Waals surface area contributed by atoms with Crippen molar-refractivity contribution in [3.8, 4) is 5.75 Å². The van der Waals surface area contributed by atoms with Crippen LogP contribution in [0.2, 0.25) is 0 Å². The zero-order valence-electron chi connectivity index (χ0n) is 22.8. The second kappa shape index (κ2) is 9.26. The van der Waals surface area contributed by atoms with Gasteiger partial charge in [-0.05, 0) is 93.4 Å². The third-order valence-corrected chi connectivity index (χ3v) is 8.64. The molecule has 1 spiro atoms. The Hall–Kier alpha value is -3.58. The number of benzene rings is 3. The summed E-state index contributed by atoms with van der Waals surface area (Å²) < 4.78 is 47.1. The van der Waals surface area contributed by atoms with Crippen molar-refractivity contribution in [3.05, 3.63) is 101 Å². The van der Waals surface area contributed by atoms with Gasteiger partial charge in [0.15, 0.2) is 5.78 Å². The number of ketones is 1. The molecular weight excluding hydrogens is 501 g/mol. The van der Waals surface area contributed by atoms with Crippen LogP contribution in [0.5, 0.6) is 5.75 Å². The Balaban J connectivity index is 1.48. The van der Waals surface area contributed by atoms with Crippen LogP contribution in [0.4, 0.5) is 18.9 Å². The number of ether oxygens (including phenoxy) is 1. The maximum Gasteiger partial charge on any atom is 0.416 e. The lowest BCUT2D eigenvalue weighted by atomic mass is 9.76. The van der Waals surface area contributed by atoms with Crippen LogP contribution in [-0.2, 0) is 18.0 Å².